The molecule has 0 aliphatic rings. The van der Waals surface area contributed by atoms with E-state index in [1.54, 1.807) is 45.2 Å². The highest BCUT2D eigenvalue weighted by Crippen LogP contribution is 2.29. The predicted molar refractivity (Wildman–Crippen MR) is 207 cm³/mol. The van der Waals surface area contributed by atoms with Crippen LogP contribution in [0.3, 0.4) is 0 Å². The minimum absolute atomic E-state index is 0.246. The summed E-state index contributed by atoms with van der Waals surface area (Å²) in [6.07, 6.45) is -2.81. The van der Waals surface area contributed by atoms with Gasteiger partial charge in [-0.1, -0.05) is 19.1 Å². The van der Waals surface area contributed by atoms with Crippen LogP contribution in [0, 0.1) is 0 Å². The molecular weight excluding hydrogens is 753 g/mol. The highest BCUT2D eigenvalue weighted by atomic mass is 19.4. The van der Waals surface area contributed by atoms with Gasteiger partial charge >= 0.3 is 12.5 Å². The zero-order valence-electron chi connectivity index (χ0n) is 33.0. The lowest BCUT2D eigenvalue weighted by molar-refractivity contribution is -0.274. The largest absolute Gasteiger partial charge is 0.573 e. The van der Waals surface area contributed by atoms with Crippen LogP contribution in [0.15, 0.2) is 60.8 Å². The van der Waals surface area contributed by atoms with Gasteiger partial charge in [0.25, 0.3) is 5.91 Å². The molecule has 57 heavy (non-hydrogen) atoms. The minimum Gasteiger partial charge on any atom is -0.444 e. The molecule has 0 spiro atoms. The van der Waals surface area contributed by atoms with Crippen molar-refractivity contribution in [1.82, 2.24) is 15.6 Å². The van der Waals surface area contributed by atoms with E-state index in [0.717, 1.165) is 16.7 Å². The third kappa shape index (κ3) is 21.0. The van der Waals surface area contributed by atoms with Crippen molar-refractivity contribution in [2.24, 2.45) is 0 Å². The first kappa shape index (κ1) is 46.9. The molecule has 316 valence electrons. The van der Waals surface area contributed by atoms with Gasteiger partial charge in [0.05, 0.1) is 79.3 Å². The van der Waals surface area contributed by atoms with Crippen LogP contribution in [0.2, 0.25) is 0 Å². The second-order valence-corrected chi connectivity index (χ2v) is 13.2. The van der Waals surface area contributed by atoms with Gasteiger partial charge in [0.2, 0.25) is 0 Å². The number of rotatable bonds is 27. The molecule has 2 aromatic carbocycles. The number of aromatic nitrogens is 1. The SMILES string of the molecule is CCc1cnc(Nc2ccc(OC(F)(F)F)cc2)cc1-c1cccc(C(=O)NCCOCCOCCOCCOCCOCCOCCNC(=O)OC(C)(C)C)c1. The molecule has 0 saturated heterocycles. The third-order valence-electron chi connectivity index (χ3n) is 7.47. The number of aryl methyl sites for hydroxylation is 1. The van der Waals surface area contributed by atoms with Crippen LogP contribution < -0.4 is 20.7 Å². The smallest absolute Gasteiger partial charge is 0.444 e. The predicted octanol–water partition coefficient (Wildman–Crippen LogP) is 6.31. The summed E-state index contributed by atoms with van der Waals surface area (Å²) in [7, 11) is 0. The summed E-state index contributed by atoms with van der Waals surface area (Å²) < 4.78 is 79.4. The van der Waals surface area contributed by atoms with E-state index in [4.69, 9.17) is 33.2 Å². The zero-order valence-corrected chi connectivity index (χ0v) is 33.0. The molecule has 0 bridgehead atoms. The maximum Gasteiger partial charge on any atom is 0.573 e. The van der Waals surface area contributed by atoms with Crippen LogP contribution in [0.4, 0.5) is 29.5 Å². The Bertz CT molecular complexity index is 1610. The van der Waals surface area contributed by atoms with Crippen LogP contribution in [-0.2, 0) is 39.6 Å². The summed E-state index contributed by atoms with van der Waals surface area (Å²) in [6.45, 7) is 12.9. The fraction of sp³-hybridized carbons (Fsp3) is 0.525. The van der Waals surface area contributed by atoms with Gasteiger partial charge in [-0.3, -0.25) is 4.79 Å². The van der Waals surface area contributed by atoms with Crippen LogP contribution in [-0.4, -0.2) is 121 Å². The number of hydrogen-bond donors (Lipinski definition) is 3. The number of pyridine rings is 1. The second-order valence-electron chi connectivity index (χ2n) is 13.2. The number of halogens is 3. The van der Waals surface area contributed by atoms with E-state index in [2.05, 4.69) is 25.7 Å². The van der Waals surface area contributed by atoms with E-state index >= 15 is 0 Å². The first-order chi connectivity index (χ1) is 27.3. The van der Waals surface area contributed by atoms with Crippen molar-refractivity contribution in [2.45, 2.75) is 46.1 Å². The maximum atomic E-state index is 12.9. The molecule has 3 N–H and O–H groups in total. The summed E-state index contributed by atoms with van der Waals surface area (Å²) in [5.41, 5.74) is 3.13. The van der Waals surface area contributed by atoms with E-state index in [-0.39, 0.29) is 11.7 Å². The number of carbonyl (C=O) groups is 2. The van der Waals surface area contributed by atoms with Gasteiger partial charge in [-0.2, -0.15) is 0 Å². The van der Waals surface area contributed by atoms with E-state index in [0.29, 0.717) is 116 Å². The van der Waals surface area contributed by atoms with E-state index in [9.17, 15) is 22.8 Å². The Morgan fingerprint density at radius 3 is 1.72 bits per heavy atom. The molecule has 0 aliphatic heterocycles. The molecule has 3 aromatic rings. The molecule has 2 amide bonds. The molecule has 0 aliphatic carbocycles. The minimum atomic E-state index is -4.77. The lowest BCUT2D eigenvalue weighted by atomic mass is 9.98. The number of amides is 2. The number of hydrogen-bond acceptors (Lipinski definition) is 12. The number of benzene rings is 2. The Kier molecular flexibility index (Phi) is 21.1. The van der Waals surface area contributed by atoms with Gasteiger partial charge in [-0.25, -0.2) is 9.78 Å². The van der Waals surface area contributed by atoms with E-state index in [1.165, 1.54) is 24.3 Å². The average molecular weight is 809 g/mol. The summed E-state index contributed by atoms with van der Waals surface area (Å²) in [5, 5.41) is 8.59. The molecule has 17 heteroatoms. The van der Waals surface area contributed by atoms with Crippen LogP contribution in [0.5, 0.6) is 5.75 Å². The highest BCUT2D eigenvalue weighted by molar-refractivity contribution is 5.95. The number of alkyl halides is 3. The molecule has 1 heterocycles. The fourth-order valence-electron chi connectivity index (χ4n) is 4.90. The maximum absolute atomic E-state index is 12.9. The molecule has 0 fully saturated rings. The van der Waals surface area contributed by atoms with Gasteiger partial charge in [0.1, 0.15) is 17.2 Å². The number of anilines is 2. The molecular formula is C40H55F3N4O10. The highest BCUT2D eigenvalue weighted by Gasteiger charge is 2.31. The molecule has 3 rings (SSSR count). The van der Waals surface area contributed by atoms with Gasteiger partial charge < -0.3 is 53.8 Å². The van der Waals surface area contributed by atoms with Gasteiger partial charge in [-0.15, -0.1) is 13.2 Å². The quantitative estimate of drug-likeness (QED) is 0.0740. The standard InChI is InChI=1S/C40H55F3N4O10/c1-5-30-29-46-36(47-33-9-11-34(12-10-33)56-40(41,42)43)28-35(30)31-7-6-8-32(27-31)37(48)44-13-15-50-17-19-52-21-23-54-25-26-55-24-22-53-20-18-51-16-14-45-38(49)57-39(2,3)4/h6-12,27-29H,5,13-26H2,1-4H3,(H,44,48)(H,45,49)(H,46,47). The summed E-state index contributed by atoms with van der Waals surface area (Å²) in [6, 6.07) is 14.4. The summed E-state index contributed by atoms with van der Waals surface area (Å²) in [4.78, 5) is 28.9. The number of ether oxygens (including phenoxy) is 8. The second kappa shape index (κ2) is 25.7. The van der Waals surface area contributed by atoms with E-state index in [1.807, 2.05) is 19.1 Å². The fourth-order valence-corrected chi connectivity index (χ4v) is 4.90. The average Bonchev–Trinajstić information content (AvgIpc) is 3.16. The van der Waals surface area contributed by atoms with Crippen LogP contribution >= 0.6 is 0 Å². The van der Waals surface area contributed by atoms with Crippen molar-refractivity contribution >= 4 is 23.5 Å². The number of alkyl carbamates (subject to hydrolysis) is 1. The molecule has 0 unspecified atom stereocenters. The molecule has 1 aromatic heterocycles. The Balaban J connectivity index is 1.19. The normalized spacial score (nSPS) is 11.6. The van der Waals surface area contributed by atoms with Crippen molar-refractivity contribution in [3.8, 4) is 16.9 Å². The van der Waals surface area contributed by atoms with Crippen molar-refractivity contribution in [1.29, 1.82) is 0 Å². The van der Waals surface area contributed by atoms with E-state index < -0.39 is 18.1 Å². The lowest BCUT2D eigenvalue weighted by Crippen LogP contribution is -2.34. The Morgan fingerprint density at radius 1 is 0.684 bits per heavy atom. The molecule has 0 atom stereocenters. The first-order valence-electron chi connectivity index (χ1n) is 18.8. The van der Waals surface area contributed by atoms with Gasteiger partial charge in [0.15, 0.2) is 0 Å². The van der Waals surface area contributed by atoms with Crippen molar-refractivity contribution < 1.29 is 60.7 Å². The monoisotopic (exact) mass is 808 g/mol. The van der Waals surface area contributed by atoms with Crippen LogP contribution in [0.1, 0.15) is 43.6 Å². The third-order valence-corrected chi connectivity index (χ3v) is 7.47. The first-order valence-corrected chi connectivity index (χ1v) is 18.8. The zero-order chi connectivity index (χ0) is 41.4. The summed E-state index contributed by atoms with van der Waals surface area (Å²) >= 11 is 0. The number of carbonyl (C=O) groups excluding carboxylic acids is 2. The molecule has 0 saturated carbocycles. The van der Waals surface area contributed by atoms with Crippen molar-refractivity contribution in [3.63, 3.8) is 0 Å². The number of nitrogens with one attached hydrogen (secondary N) is 3. The summed E-state index contributed by atoms with van der Waals surface area (Å²) in [5.74, 6) is -0.0771. The van der Waals surface area contributed by atoms with Gasteiger partial charge in [0, 0.05) is 30.5 Å². The number of nitrogens with zero attached hydrogens (tertiary/aromatic N) is 1. The van der Waals surface area contributed by atoms with Crippen LogP contribution in [0.25, 0.3) is 11.1 Å². The topological polar surface area (TPSA) is 157 Å². The Labute approximate surface area is 332 Å². The van der Waals surface area contributed by atoms with Crippen molar-refractivity contribution in [2.75, 3.05) is 97.7 Å². The van der Waals surface area contributed by atoms with Gasteiger partial charge in [-0.05, 0) is 86.3 Å². The Morgan fingerprint density at radius 2 is 1.21 bits per heavy atom. The Hall–Kier alpha value is -4.52. The molecule has 0 radical (unpaired) electrons. The molecule has 14 nitrogen and oxygen atoms in total. The van der Waals surface area contributed by atoms with Crippen molar-refractivity contribution in [3.05, 3.63) is 71.9 Å². The lowest BCUT2D eigenvalue weighted by Gasteiger charge is -2.19.